The Kier molecular flexibility index (Phi) is 5.68. The first kappa shape index (κ1) is 23.2. The van der Waals surface area contributed by atoms with E-state index in [0.29, 0.717) is 18.1 Å². The second kappa shape index (κ2) is 9.04. The van der Waals surface area contributed by atoms with Crippen molar-refractivity contribution in [2.45, 2.75) is 25.0 Å². The van der Waals surface area contributed by atoms with Crippen LogP contribution in [0.25, 0.3) is 10.6 Å². The maximum atomic E-state index is 13.6. The summed E-state index contributed by atoms with van der Waals surface area (Å²) >= 11 is 1.39. The number of aliphatic carboxylic acids is 1. The number of thiazole rings is 1. The molecule has 2 aliphatic heterocycles. The molecule has 4 aromatic rings. The van der Waals surface area contributed by atoms with Crippen LogP contribution in [0, 0.1) is 5.82 Å². The second-order valence-corrected chi connectivity index (χ2v) is 10.2. The molecule has 1 fully saturated rings. The number of benzene rings is 2. The zero-order chi connectivity index (χ0) is 25.6. The number of para-hydroxylation sites is 1. The van der Waals surface area contributed by atoms with Crippen LogP contribution in [0.3, 0.4) is 0 Å². The summed E-state index contributed by atoms with van der Waals surface area (Å²) in [6, 6.07) is 14.5. The standard InChI is InChI=1S/C27H23FN4O4S/c28-19-7-5-18(6-8-19)21-15-27(36-22-4-2-1-3-20(21)22)9-11-30(12-10-27)25-29-16-23(37-25)32-14-13-31(26(32)35)17-24(33)34/h1-8,13-16H,9-12,17H2,(H,33,34). The highest BCUT2D eigenvalue weighted by molar-refractivity contribution is 7.18. The molecule has 0 radical (unpaired) electrons. The zero-order valence-electron chi connectivity index (χ0n) is 19.7. The number of hydrogen-bond acceptors (Lipinski definition) is 6. The topological polar surface area (TPSA) is 89.6 Å². The molecule has 37 heavy (non-hydrogen) atoms. The van der Waals surface area contributed by atoms with E-state index in [-0.39, 0.29) is 12.4 Å². The van der Waals surface area contributed by atoms with Crippen LogP contribution in [0.1, 0.15) is 24.0 Å². The van der Waals surface area contributed by atoms with Gasteiger partial charge >= 0.3 is 11.7 Å². The number of halogens is 1. The van der Waals surface area contributed by atoms with Crippen LogP contribution in [0.15, 0.2) is 78.0 Å². The summed E-state index contributed by atoms with van der Waals surface area (Å²) < 4.78 is 22.7. The van der Waals surface area contributed by atoms with Gasteiger partial charge in [-0.2, -0.15) is 0 Å². The van der Waals surface area contributed by atoms with Gasteiger partial charge in [0.1, 0.15) is 28.7 Å². The number of imidazole rings is 1. The molecule has 2 aliphatic rings. The van der Waals surface area contributed by atoms with E-state index in [1.807, 2.05) is 24.3 Å². The third kappa shape index (κ3) is 4.33. The first-order valence-electron chi connectivity index (χ1n) is 11.9. The fourth-order valence-electron chi connectivity index (χ4n) is 4.92. The highest BCUT2D eigenvalue weighted by Crippen LogP contribution is 2.44. The summed E-state index contributed by atoms with van der Waals surface area (Å²) in [5.74, 6) is -0.521. The van der Waals surface area contributed by atoms with E-state index in [1.165, 1.54) is 34.2 Å². The minimum atomic E-state index is -1.07. The van der Waals surface area contributed by atoms with Crippen LogP contribution in [0.2, 0.25) is 0 Å². The molecule has 0 aliphatic carbocycles. The molecular weight excluding hydrogens is 495 g/mol. The number of fused-ring (bicyclic) bond motifs is 1. The molecule has 4 heterocycles. The van der Waals surface area contributed by atoms with Gasteiger partial charge in [0.05, 0.1) is 6.20 Å². The number of nitrogens with zero attached hydrogens (tertiary/aromatic N) is 4. The van der Waals surface area contributed by atoms with Crippen LogP contribution in [-0.4, -0.2) is 43.9 Å². The Bertz CT molecular complexity index is 1560. The molecule has 0 bridgehead atoms. The minimum absolute atomic E-state index is 0.267. The van der Waals surface area contributed by atoms with Crippen molar-refractivity contribution in [1.29, 1.82) is 0 Å². The van der Waals surface area contributed by atoms with Crippen molar-refractivity contribution in [2.75, 3.05) is 18.0 Å². The van der Waals surface area contributed by atoms with Gasteiger partial charge in [-0.1, -0.05) is 41.7 Å². The summed E-state index contributed by atoms with van der Waals surface area (Å²) in [4.78, 5) is 30.2. The van der Waals surface area contributed by atoms with Gasteiger partial charge in [-0.25, -0.2) is 14.2 Å². The van der Waals surface area contributed by atoms with Gasteiger partial charge in [0.2, 0.25) is 0 Å². The first-order chi connectivity index (χ1) is 17.9. The highest BCUT2D eigenvalue weighted by atomic mass is 32.1. The molecule has 6 rings (SSSR count). The summed E-state index contributed by atoms with van der Waals surface area (Å²) in [5, 5.41) is 10.4. The number of ether oxygens (including phenoxy) is 1. The maximum absolute atomic E-state index is 13.6. The van der Waals surface area contributed by atoms with E-state index >= 15 is 0 Å². The number of carboxylic acids is 1. The number of rotatable bonds is 5. The summed E-state index contributed by atoms with van der Waals surface area (Å²) in [7, 11) is 0. The molecule has 1 N–H and O–H groups in total. The van der Waals surface area contributed by atoms with E-state index in [0.717, 1.165) is 45.0 Å². The molecule has 2 aromatic carbocycles. The van der Waals surface area contributed by atoms with Crippen molar-refractivity contribution in [3.8, 4) is 10.8 Å². The maximum Gasteiger partial charge on any atom is 0.333 e. The highest BCUT2D eigenvalue weighted by Gasteiger charge is 2.39. The average molecular weight is 519 g/mol. The van der Waals surface area contributed by atoms with Gasteiger partial charge in [-0.05, 0) is 35.4 Å². The van der Waals surface area contributed by atoms with Crippen molar-refractivity contribution in [3.05, 3.63) is 101 Å². The second-order valence-electron chi connectivity index (χ2n) is 9.17. The number of carbonyl (C=O) groups is 1. The van der Waals surface area contributed by atoms with E-state index in [2.05, 4.69) is 16.0 Å². The lowest BCUT2D eigenvalue weighted by atomic mass is 9.83. The Balaban J connectivity index is 1.23. The van der Waals surface area contributed by atoms with Crippen molar-refractivity contribution < 1.29 is 19.0 Å². The lowest BCUT2D eigenvalue weighted by Crippen LogP contribution is -2.48. The van der Waals surface area contributed by atoms with E-state index in [4.69, 9.17) is 9.84 Å². The summed E-state index contributed by atoms with van der Waals surface area (Å²) in [6.45, 7) is 1.02. The van der Waals surface area contributed by atoms with Gasteiger partial charge in [0.15, 0.2) is 5.13 Å². The lowest BCUT2D eigenvalue weighted by molar-refractivity contribution is -0.137. The van der Waals surface area contributed by atoms with Gasteiger partial charge in [-0.15, -0.1) is 0 Å². The molecule has 1 spiro atoms. The normalized spacial score (nSPS) is 16.2. The molecule has 0 atom stereocenters. The van der Waals surface area contributed by atoms with E-state index in [1.54, 1.807) is 24.5 Å². The van der Waals surface area contributed by atoms with E-state index < -0.39 is 17.3 Å². The molecule has 1 saturated heterocycles. The smallest absolute Gasteiger partial charge is 0.333 e. The molecule has 0 saturated carbocycles. The predicted octanol–water partition coefficient (Wildman–Crippen LogP) is 4.18. The number of anilines is 1. The minimum Gasteiger partial charge on any atom is -0.482 e. The summed E-state index contributed by atoms with van der Waals surface area (Å²) in [6.07, 6.45) is 8.30. The van der Waals surface area contributed by atoms with Crippen LogP contribution in [0.5, 0.6) is 5.75 Å². The first-order valence-corrected chi connectivity index (χ1v) is 12.7. The van der Waals surface area contributed by atoms with Crippen molar-refractivity contribution >= 4 is 28.0 Å². The number of piperidine rings is 1. The van der Waals surface area contributed by atoms with Crippen LogP contribution < -0.4 is 15.3 Å². The van der Waals surface area contributed by atoms with Gasteiger partial charge < -0.3 is 14.7 Å². The van der Waals surface area contributed by atoms with Gasteiger partial charge in [-0.3, -0.25) is 13.9 Å². The van der Waals surface area contributed by atoms with Crippen LogP contribution >= 0.6 is 11.3 Å². The van der Waals surface area contributed by atoms with Crippen LogP contribution in [-0.2, 0) is 11.3 Å². The summed E-state index contributed by atoms with van der Waals surface area (Å²) in [5.41, 5.74) is 2.08. The molecule has 2 aromatic heterocycles. The number of hydrogen-bond donors (Lipinski definition) is 1. The van der Waals surface area contributed by atoms with Crippen molar-refractivity contribution in [3.63, 3.8) is 0 Å². The Labute approximate surface area is 215 Å². The Morgan fingerprint density at radius 1 is 1.11 bits per heavy atom. The quantitative estimate of drug-likeness (QED) is 0.426. The molecule has 8 nitrogen and oxygen atoms in total. The van der Waals surface area contributed by atoms with Gasteiger partial charge in [0.25, 0.3) is 0 Å². The Hall–Kier alpha value is -4.18. The third-order valence-electron chi connectivity index (χ3n) is 6.81. The Morgan fingerprint density at radius 2 is 1.86 bits per heavy atom. The van der Waals surface area contributed by atoms with Crippen LogP contribution in [0.4, 0.5) is 9.52 Å². The molecule has 0 unspecified atom stereocenters. The van der Waals surface area contributed by atoms with E-state index in [9.17, 15) is 14.0 Å². The fourth-order valence-corrected chi connectivity index (χ4v) is 5.87. The predicted molar refractivity (Wildman–Crippen MR) is 138 cm³/mol. The molecule has 0 amide bonds. The lowest BCUT2D eigenvalue weighted by Gasteiger charge is -2.43. The Morgan fingerprint density at radius 3 is 2.62 bits per heavy atom. The molecular formula is C27H23FN4O4S. The number of carboxylic acid groups (broad SMARTS) is 1. The van der Waals surface area contributed by atoms with Crippen molar-refractivity contribution in [2.24, 2.45) is 0 Å². The van der Waals surface area contributed by atoms with Gasteiger partial charge in [0, 0.05) is 43.9 Å². The SMILES string of the molecule is O=C(O)Cn1ccn(-c2cnc(N3CCC4(C=C(c5ccc(F)cc5)c5ccccc5O4)CC3)s2)c1=O. The monoisotopic (exact) mass is 518 g/mol. The zero-order valence-corrected chi connectivity index (χ0v) is 20.5. The number of aromatic nitrogens is 3. The van der Waals surface area contributed by atoms with Crippen molar-refractivity contribution in [1.82, 2.24) is 14.1 Å². The average Bonchev–Trinajstić information content (AvgIpc) is 3.51. The third-order valence-corrected chi connectivity index (χ3v) is 7.86. The molecule has 10 heteroatoms. The fraction of sp³-hybridized carbons (Fsp3) is 0.222. The largest absolute Gasteiger partial charge is 0.482 e. The molecule has 188 valence electrons.